The molecule has 0 saturated carbocycles. The molecule has 0 saturated heterocycles. The van der Waals surface area contributed by atoms with Crippen LogP contribution in [0.4, 0.5) is 5.82 Å². The van der Waals surface area contributed by atoms with Crippen LogP contribution in [0.1, 0.15) is 11.1 Å². The molecule has 23 heavy (non-hydrogen) atoms. The van der Waals surface area contributed by atoms with Gasteiger partial charge in [-0.1, -0.05) is 48.5 Å². The van der Waals surface area contributed by atoms with Crippen molar-refractivity contribution in [1.82, 2.24) is 4.98 Å². The van der Waals surface area contributed by atoms with E-state index >= 15 is 0 Å². The minimum atomic E-state index is 0.549. The van der Waals surface area contributed by atoms with E-state index in [1.54, 1.807) is 12.4 Å². The zero-order valence-corrected chi connectivity index (χ0v) is 12.6. The van der Waals surface area contributed by atoms with Gasteiger partial charge in [0, 0.05) is 6.20 Å². The zero-order chi connectivity index (χ0) is 15.7. The molecule has 0 spiro atoms. The Morgan fingerprint density at radius 2 is 1.83 bits per heavy atom. The lowest BCUT2D eigenvalue weighted by molar-refractivity contribution is 0.306. The van der Waals surface area contributed by atoms with Crippen molar-refractivity contribution in [2.75, 3.05) is 5.43 Å². The van der Waals surface area contributed by atoms with Gasteiger partial charge in [-0.15, -0.1) is 0 Å². The van der Waals surface area contributed by atoms with Gasteiger partial charge in [0.15, 0.2) is 0 Å². The fourth-order valence-corrected chi connectivity index (χ4v) is 2.03. The van der Waals surface area contributed by atoms with Crippen LogP contribution >= 0.6 is 0 Å². The van der Waals surface area contributed by atoms with Crippen molar-refractivity contribution >= 4 is 12.0 Å². The molecule has 0 aliphatic heterocycles. The summed E-state index contributed by atoms with van der Waals surface area (Å²) in [5, 5.41) is 4.18. The van der Waals surface area contributed by atoms with Crippen LogP contribution in [-0.4, -0.2) is 11.2 Å². The number of pyridine rings is 1. The van der Waals surface area contributed by atoms with E-state index in [9.17, 15) is 0 Å². The van der Waals surface area contributed by atoms with Gasteiger partial charge in [-0.25, -0.2) is 4.98 Å². The van der Waals surface area contributed by atoms with Gasteiger partial charge in [0.1, 0.15) is 18.2 Å². The Kier molecular flexibility index (Phi) is 4.98. The fourth-order valence-electron chi connectivity index (χ4n) is 2.03. The normalized spacial score (nSPS) is 10.6. The van der Waals surface area contributed by atoms with E-state index in [1.165, 1.54) is 0 Å². The van der Waals surface area contributed by atoms with E-state index in [2.05, 4.69) is 15.5 Å². The molecule has 0 unspecified atom stereocenters. The van der Waals surface area contributed by atoms with Crippen molar-refractivity contribution in [2.24, 2.45) is 5.10 Å². The summed E-state index contributed by atoms with van der Waals surface area (Å²) in [6.45, 7) is 0.549. The molecule has 1 aromatic heterocycles. The molecule has 2 aromatic carbocycles. The van der Waals surface area contributed by atoms with Crippen molar-refractivity contribution in [3.8, 4) is 5.75 Å². The number of rotatable bonds is 6. The third kappa shape index (κ3) is 4.68. The lowest BCUT2D eigenvalue weighted by atomic mass is 10.2. The van der Waals surface area contributed by atoms with Crippen LogP contribution in [0.25, 0.3) is 0 Å². The van der Waals surface area contributed by atoms with E-state index in [4.69, 9.17) is 4.74 Å². The molecular formula is C19H17N3O. The number of benzene rings is 2. The standard InChI is InChI=1S/C19H17N3O/c1-2-7-16(8-3-1)15-23-18-10-6-9-17(13-18)14-21-22-19-11-4-5-12-20-19/h1-14H,15H2,(H,20,22)/b21-14-. The smallest absolute Gasteiger partial charge is 0.146 e. The lowest BCUT2D eigenvalue weighted by Crippen LogP contribution is -1.96. The molecule has 0 bridgehead atoms. The Morgan fingerprint density at radius 1 is 0.957 bits per heavy atom. The first-order valence-corrected chi connectivity index (χ1v) is 7.37. The van der Waals surface area contributed by atoms with Gasteiger partial charge in [-0.3, -0.25) is 5.43 Å². The summed E-state index contributed by atoms with van der Waals surface area (Å²) in [6.07, 6.45) is 3.46. The maximum Gasteiger partial charge on any atom is 0.146 e. The number of hydrogen-bond acceptors (Lipinski definition) is 4. The SMILES string of the molecule is C(=N/Nc1ccccn1)/c1cccc(OCc2ccccc2)c1. The van der Waals surface area contributed by atoms with Gasteiger partial charge < -0.3 is 4.74 Å². The molecule has 4 heteroatoms. The average molecular weight is 303 g/mol. The van der Waals surface area contributed by atoms with E-state index in [1.807, 2.05) is 72.8 Å². The predicted molar refractivity (Wildman–Crippen MR) is 92.7 cm³/mol. The highest BCUT2D eigenvalue weighted by molar-refractivity contribution is 5.80. The third-order valence-electron chi connectivity index (χ3n) is 3.16. The Balaban J connectivity index is 1.58. The first-order valence-electron chi connectivity index (χ1n) is 7.37. The van der Waals surface area contributed by atoms with Crippen molar-refractivity contribution in [3.63, 3.8) is 0 Å². The summed E-state index contributed by atoms with van der Waals surface area (Å²) in [4.78, 5) is 4.14. The number of nitrogens with one attached hydrogen (secondary N) is 1. The molecule has 0 atom stereocenters. The van der Waals surface area contributed by atoms with Gasteiger partial charge >= 0.3 is 0 Å². The molecule has 1 N–H and O–H groups in total. The Morgan fingerprint density at radius 3 is 2.65 bits per heavy atom. The molecular weight excluding hydrogens is 286 g/mol. The van der Waals surface area contributed by atoms with Crippen LogP contribution in [-0.2, 0) is 6.61 Å². The number of ether oxygens (including phenoxy) is 1. The van der Waals surface area contributed by atoms with E-state index in [0.717, 1.165) is 16.9 Å². The molecule has 0 aliphatic carbocycles. The van der Waals surface area contributed by atoms with Crippen molar-refractivity contribution in [2.45, 2.75) is 6.61 Å². The Labute approximate surface area is 135 Å². The van der Waals surface area contributed by atoms with Crippen LogP contribution in [0.5, 0.6) is 5.75 Å². The predicted octanol–water partition coefficient (Wildman–Crippen LogP) is 4.11. The summed E-state index contributed by atoms with van der Waals surface area (Å²) in [6, 6.07) is 23.5. The number of nitrogens with zero attached hydrogens (tertiary/aromatic N) is 2. The van der Waals surface area contributed by atoms with Gasteiger partial charge in [-0.2, -0.15) is 5.10 Å². The highest BCUT2D eigenvalue weighted by Crippen LogP contribution is 2.14. The molecule has 1 heterocycles. The second kappa shape index (κ2) is 7.75. The second-order valence-corrected chi connectivity index (χ2v) is 4.93. The van der Waals surface area contributed by atoms with Crippen LogP contribution in [0.3, 0.4) is 0 Å². The Bertz CT molecular complexity index is 758. The minimum absolute atomic E-state index is 0.549. The molecule has 0 aliphatic rings. The van der Waals surface area contributed by atoms with Gasteiger partial charge in [-0.05, 0) is 35.4 Å². The van der Waals surface area contributed by atoms with Gasteiger partial charge in [0.05, 0.1) is 6.21 Å². The Hall–Kier alpha value is -3.14. The second-order valence-electron chi connectivity index (χ2n) is 4.93. The monoisotopic (exact) mass is 303 g/mol. The largest absolute Gasteiger partial charge is 0.489 e. The van der Waals surface area contributed by atoms with Crippen LogP contribution in [0.2, 0.25) is 0 Å². The maximum absolute atomic E-state index is 5.80. The maximum atomic E-state index is 5.80. The summed E-state index contributed by atoms with van der Waals surface area (Å²) in [5.74, 6) is 1.52. The average Bonchev–Trinajstić information content (AvgIpc) is 2.62. The zero-order valence-electron chi connectivity index (χ0n) is 12.6. The molecule has 114 valence electrons. The van der Waals surface area contributed by atoms with E-state index in [-0.39, 0.29) is 0 Å². The van der Waals surface area contributed by atoms with Crippen LogP contribution in [0.15, 0.2) is 84.1 Å². The van der Waals surface area contributed by atoms with Crippen LogP contribution < -0.4 is 10.2 Å². The summed E-state index contributed by atoms with van der Waals surface area (Å²) in [5.41, 5.74) is 4.99. The summed E-state index contributed by atoms with van der Waals surface area (Å²) >= 11 is 0. The molecule has 0 fully saturated rings. The molecule has 3 rings (SSSR count). The van der Waals surface area contributed by atoms with Gasteiger partial charge in [0.2, 0.25) is 0 Å². The molecule has 0 amide bonds. The van der Waals surface area contributed by atoms with Crippen LogP contribution in [0, 0.1) is 0 Å². The number of hydrazone groups is 1. The van der Waals surface area contributed by atoms with Crippen molar-refractivity contribution in [3.05, 3.63) is 90.1 Å². The van der Waals surface area contributed by atoms with Crippen molar-refractivity contribution in [1.29, 1.82) is 0 Å². The summed E-state index contributed by atoms with van der Waals surface area (Å²) < 4.78 is 5.80. The lowest BCUT2D eigenvalue weighted by Gasteiger charge is -2.06. The summed E-state index contributed by atoms with van der Waals surface area (Å²) in [7, 11) is 0. The minimum Gasteiger partial charge on any atom is -0.489 e. The third-order valence-corrected chi connectivity index (χ3v) is 3.16. The van der Waals surface area contributed by atoms with Crippen molar-refractivity contribution < 1.29 is 4.74 Å². The highest BCUT2D eigenvalue weighted by atomic mass is 16.5. The first-order chi connectivity index (χ1) is 11.4. The fraction of sp³-hybridized carbons (Fsp3) is 0.0526. The topological polar surface area (TPSA) is 46.5 Å². The quantitative estimate of drug-likeness (QED) is 0.550. The molecule has 4 nitrogen and oxygen atoms in total. The highest BCUT2D eigenvalue weighted by Gasteiger charge is 1.97. The molecule has 3 aromatic rings. The number of hydrogen-bond donors (Lipinski definition) is 1. The number of aromatic nitrogens is 1. The first kappa shape index (κ1) is 14.8. The number of anilines is 1. The van der Waals surface area contributed by atoms with E-state index < -0.39 is 0 Å². The van der Waals surface area contributed by atoms with Gasteiger partial charge in [0.25, 0.3) is 0 Å². The molecule has 0 radical (unpaired) electrons. The van der Waals surface area contributed by atoms with E-state index in [0.29, 0.717) is 12.4 Å².